The minimum Gasteiger partial charge on any atom is -0.387 e. The molecule has 1 aliphatic rings. The van der Waals surface area contributed by atoms with Crippen LogP contribution in [0.4, 0.5) is 8.78 Å². The summed E-state index contributed by atoms with van der Waals surface area (Å²) < 4.78 is 27.4. The zero-order valence-electron chi connectivity index (χ0n) is 9.51. The van der Waals surface area contributed by atoms with Gasteiger partial charge in [-0.15, -0.1) is 0 Å². The molecule has 1 aromatic rings. The van der Waals surface area contributed by atoms with Crippen molar-refractivity contribution >= 4 is 15.9 Å². The lowest BCUT2D eigenvalue weighted by Gasteiger charge is -2.46. The molecule has 0 atom stereocenters. The summed E-state index contributed by atoms with van der Waals surface area (Å²) in [6.45, 7) is 3.03. The molecule has 1 aliphatic heterocycles. The van der Waals surface area contributed by atoms with Gasteiger partial charge in [0.1, 0.15) is 11.6 Å². The van der Waals surface area contributed by atoms with Gasteiger partial charge in [0.2, 0.25) is 0 Å². The number of nitrogens with zero attached hydrogens (tertiary/aromatic N) is 1. The third kappa shape index (κ3) is 2.51. The lowest BCUT2D eigenvalue weighted by Crippen LogP contribution is -2.60. The number of likely N-dealkylation sites (tertiary alicyclic amines) is 1. The van der Waals surface area contributed by atoms with Crippen LogP contribution >= 0.6 is 15.9 Å². The highest BCUT2D eigenvalue weighted by Gasteiger charge is 2.39. The zero-order chi connectivity index (χ0) is 12.6. The van der Waals surface area contributed by atoms with Crippen molar-refractivity contribution in [1.82, 2.24) is 4.90 Å². The number of hydrogen-bond acceptors (Lipinski definition) is 2. The summed E-state index contributed by atoms with van der Waals surface area (Å²) in [6, 6.07) is 2.60. The minimum atomic E-state index is -0.682. The van der Waals surface area contributed by atoms with Gasteiger partial charge in [-0.1, -0.05) is 6.92 Å². The first-order valence-electron chi connectivity index (χ1n) is 5.52. The molecule has 0 bridgehead atoms. The van der Waals surface area contributed by atoms with Gasteiger partial charge >= 0.3 is 0 Å². The highest BCUT2D eigenvalue weighted by Crippen LogP contribution is 2.29. The first-order chi connectivity index (χ1) is 7.95. The van der Waals surface area contributed by atoms with Crippen LogP contribution in [0, 0.1) is 11.6 Å². The maximum absolute atomic E-state index is 13.7. The molecule has 1 N–H and O–H groups in total. The highest BCUT2D eigenvalue weighted by molar-refractivity contribution is 9.10. The normalized spacial score (nSPS) is 19.1. The minimum absolute atomic E-state index is 0.0533. The van der Waals surface area contributed by atoms with Crippen molar-refractivity contribution in [2.24, 2.45) is 0 Å². The monoisotopic (exact) mass is 305 g/mol. The van der Waals surface area contributed by atoms with E-state index in [-0.39, 0.29) is 16.6 Å². The Morgan fingerprint density at radius 1 is 1.41 bits per heavy atom. The molecule has 1 fully saturated rings. The third-order valence-corrected chi connectivity index (χ3v) is 3.83. The van der Waals surface area contributed by atoms with Crippen LogP contribution in [0.15, 0.2) is 16.6 Å². The summed E-state index contributed by atoms with van der Waals surface area (Å²) in [7, 11) is 0. The number of aliphatic hydroxyl groups is 1. The van der Waals surface area contributed by atoms with Crippen molar-refractivity contribution in [3.63, 3.8) is 0 Å². The maximum atomic E-state index is 13.7. The molecule has 0 radical (unpaired) electrons. The quantitative estimate of drug-likeness (QED) is 0.868. The molecule has 0 aromatic heterocycles. The van der Waals surface area contributed by atoms with Gasteiger partial charge in [0.25, 0.3) is 0 Å². The fourth-order valence-electron chi connectivity index (χ4n) is 2.06. The van der Waals surface area contributed by atoms with Crippen molar-refractivity contribution in [2.45, 2.75) is 25.5 Å². The van der Waals surface area contributed by atoms with Crippen molar-refractivity contribution in [1.29, 1.82) is 0 Å². The molecule has 17 heavy (non-hydrogen) atoms. The van der Waals surface area contributed by atoms with Gasteiger partial charge in [-0.2, -0.15) is 0 Å². The average molecular weight is 306 g/mol. The molecule has 94 valence electrons. The van der Waals surface area contributed by atoms with Gasteiger partial charge in [-0.3, -0.25) is 4.90 Å². The van der Waals surface area contributed by atoms with Crippen LogP contribution in [0.5, 0.6) is 0 Å². The van der Waals surface area contributed by atoms with E-state index in [1.165, 1.54) is 12.1 Å². The molecule has 2 rings (SSSR count). The van der Waals surface area contributed by atoms with E-state index in [4.69, 9.17) is 0 Å². The summed E-state index contributed by atoms with van der Waals surface area (Å²) in [5, 5.41) is 9.82. The summed E-state index contributed by atoms with van der Waals surface area (Å²) in [5.41, 5.74) is -0.628. The molecule has 0 aliphatic carbocycles. The van der Waals surface area contributed by atoms with Crippen LogP contribution in [0.2, 0.25) is 0 Å². The maximum Gasteiger partial charge on any atom is 0.144 e. The van der Waals surface area contributed by atoms with Crippen LogP contribution < -0.4 is 0 Å². The summed E-state index contributed by atoms with van der Waals surface area (Å²) in [6.07, 6.45) is 0.660. The molecule has 5 heteroatoms. The Morgan fingerprint density at radius 2 is 2.06 bits per heavy atom. The molecule has 2 nitrogen and oxygen atoms in total. The van der Waals surface area contributed by atoms with Gasteiger partial charge in [-0.25, -0.2) is 8.78 Å². The Balaban J connectivity index is 2.08. The molecule has 0 spiro atoms. The average Bonchev–Trinajstić information content (AvgIpc) is 2.26. The zero-order valence-corrected chi connectivity index (χ0v) is 11.1. The van der Waals surface area contributed by atoms with Gasteiger partial charge < -0.3 is 5.11 Å². The topological polar surface area (TPSA) is 23.5 Å². The van der Waals surface area contributed by atoms with Crippen LogP contribution in [0.3, 0.4) is 0 Å². The summed E-state index contributed by atoms with van der Waals surface area (Å²) in [4.78, 5) is 1.83. The molecular weight excluding hydrogens is 292 g/mol. The Bertz CT molecular complexity index is 433. The number of benzene rings is 1. The Morgan fingerprint density at radius 3 is 2.65 bits per heavy atom. The number of rotatable bonds is 3. The van der Waals surface area contributed by atoms with E-state index in [0.717, 1.165) is 0 Å². The van der Waals surface area contributed by atoms with E-state index in [1.54, 1.807) is 0 Å². The number of halogens is 3. The van der Waals surface area contributed by atoms with E-state index in [2.05, 4.69) is 15.9 Å². The molecule has 1 aromatic carbocycles. The first kappa shape index (κ1) is 12.9. The van der Waals surface area contributed by atoms with Crippen molar-refractivity contribution in [3.05, 3.63) is 33.8 Å². The highest BCUT2D eigenvalue weighted by atomic mass is 79.9. The Hall–Kier alpha value is -0.520. The predicted molar refractivity (Wildman–Crippen MR) is 64.6 cm³/mol. The lowest BCUT2D eigenvalue weighted by atomic mass is 9.91. The second kappa shape index (κ2) is 4.63. The van der Waals surface area contributed by atoms with Crippen LogP contribution in [-0.2, 0) is 6.54 Å². The second-order valence-electron chi connectivity index (χ2n) is 4.54. The number of β-amino-alcohol motifs (C(OH)–C–C–N with tert-alkyl or cyclic N) is 1. The Kier molecular flexibility index (Phi) is 3.52. The first-order valence-corrected chi connectivity index (χ1v) is 6.31. The van der Waals surface area contributed by atoms with Crippen molar-refractivity contribution < 1.29 is 13.9 Å². The van der Waals surface area contributed by atoms with Crippen LogP contribution in [0.25, 0.3) is 0 Å². The SMILES string of the molecule is CCC1(O)CN(Cc2c(F)ccc(Br)c2F)C1. The molecule has 0 amide bonds. The fourth-order valence-corrected chi connectivity index (χ4v) is 2.43. The van der Waals surface area contributed by atoms with E-state index in [9.17, 15) is 13.9 Å². The fraction of sp³-hybridized carbons (Fsp3) is 0.500. The number of hydrogen-bond donors (Lipinski definition) is 1. The molecule has 0 unspecified atom stereocenters. The van der Waals surface area contributed by atoms with Crippen molar-refractivity contribution in [3.8, 4) is 0 Å². The summed E-state index contributed by atoms with van der Waals surface area (Å²) in [5.74, 6) is -1.10. The van der Waals surface area contributed by atoms with E-state index in [1.807, 2.05) is 11.8 Å². The molecule has 1 heterocycles. The molecule has 0 saturated carbocycles. The van der Waals surface area contributed by atoms with Crippen LogP contribution in [-0.4, -0.2) is 28.7 Å². The van der Waals surface area contributed by atoms with Gasteiger partial charge in [-0.05, 0) is 34.5 Å². The molecular formula is C12H14BrF2NO. The van der Waals surface area contributed by atoms with Crippen LogP contribution in [0.1, 0.15) is 18.9 Å². The van der Waals surface area contributed by atoms with Gasteiger partial charge in [0.05, 0.1) is 10.1 Å². The molecule has 1 saturated heterocycles. The third-order valence-electron chi connectivity index (χ3n) is 3.21. The standard InChI is InChI=1S/C12H14BrF2NO/c1-2-12(17)6-16(7-12)5-8-10(14)4-3-9(13)11(8)15/h3-4,17H,2,5-7H2,1H3. The smallest absolute Gasteiger partial charge is 0.144 e. The van der Waals surface area contributed by atoms with E-state index < -0.39 is 17.2 Å². The van der Waals surface area contributed by atoms with E-state index >= 15 is 0 Å². The summed E-state index contributed by atoms with van der Waals surface area (Å²) >= 11 is 3.04. The van der Waals surface area contributed by atoms with Crippen molar-refractivity contribution in [2.75, 3.05) is 13.1 Å². The van der Waals surface area contributed by atoms with Gasteiger partial charge in [0.15, 0.2) is 0 Å². The Labute approximate surface area is 107 Å². The van der Waals surface area contributed by atoms with E-state index in [0.29, 0.717) is 19.5 Å². The van der Waals surface area contributed by atoms with Gasteiger partial charge in [0, 0.05) is 25.2 Å². The largest absolute Gasteiger partial charge is 0.387 e. The predicted octanol–water partition coefficient (Wildman–Crippen LogP) is 2.68. The lowest BCUT2D eigenvalue weighted by molar-refractivity contribution is -0.104. The second-order valence-corrected chi connectivity index (χ2v) is 5.40.